The zero-order valence-electron chi connectivity index (χ0n) is 17.8. The van der Waals surface area contributed by atoms with Gasteiger partial charge in [-0.25, -0.2) is 0 Å². The van der Waals surface area contributed by atoms with Crippen LogP contribution in [0, 0.1) is 11.8 Å². The van der Waals surface area contributed by atoms with Crippen molar-refractivity contribution in [3.05, 3.63) is 35.1 Å². The molecule has 2 bridgehead atoms. The molecule has 0 spiro atoms. The number of aliphatic hydroxyl groups excluding tert-OH is 2. The van der Waals surface area contributed by atoms with E-state index in [0.29, 0.717) is 0 Å². The number of nitrogens with one attached hydrogen (secondary N) is 1. The number of epoxide rings is 1. The Kier molecular flexibility index (Phi) is 4.97. The van der Waals surface area contributed by atoms with Crippen molar-refractivity contribution in [2.75, 3.05) is 6.54 Å². The zero-order valence-corrected chi connectivity index (χ0v) is 17.8. The van der Waals surface area contributed by atoms with E-state index in [0.717, 1.165) is 5.57 Å². The molecule has 0 aromatic heterocycles. The van der Waals surface area contributed by atoms with Crippen molar-refractivity contribution >= 4 is 11.7 Å². The van der Waals surface area contributed by atoms with E-state index in [-0.39, 0.29) is 48.0 Å². The van der Waals surface area contributed by atoms with Crippen LogP contribution in [0.5, 0.6) is 0 Å². The Hall–Kier alpha value is -2.00. The van der Waals surface area contributed by atoms with Gasteiger partial charge in [0.05, 0.1) is 18.8 Å². The molecule has 4 heterocycles. The van der Waals surface area contributed by atoms with Crippen LogP contribution in [0.3, 0.4) is 0 Å². The van der Waals surface area contributed by atoms with Crippen LogP contribution in [-0.4, -0.2) is 64.3 Å². The van der Waals surface area contributed by atoms with Gasteiger partial charge < -0.3 is 29.7 Å². The summed E-state index contributed by atoms with van der Waals surface area (Å²) in [6.07, 6.45) is 3.46. The Morgan fingerprint density at radius 1 is 1.23 bits per heavy atom. The van der Waals surface area contributed by atoms with Gasteiger partial charge in [-0.15, -0.1) is 0 Å². The first-order valence-corrected chi connectivity index (χ1v) is 10.3. The van der Waals surface area contributed by atoms with Crippen LogP contribution < -0.4 is 5.32 Å². The highest BCUT2D eigenvalue weighted by Gasteiger charge is 2.76. The lowest BCUT2D eigenvalue weighted by molar-refractivity contribution is -0.373. The summed E-state index contributed by atoms with van der Waals surface area (Å²) in [7, 11) is 0. The quantitative estimate of drug-likeness (QED) is 0.207. The predicted molar refractivity (Wildman–Crippen MR) is 106 cm³/mol. The number of fused-ring (bicyclic) bond motifs is 4. The summed E-state index contributed by atoms with van der Waals surface area (Å²) in [5, 5.41) is 23.1. The van der Waals surface area contributed by atoms with Crippen LogP contribution >= 0.6 is 0 Å². The second-order valence-corrected chi connectivity index (χ2v) is 9.08. The number of amides is 1. The Balaban J connectivity index is 1.51. The maximum absolute atomic E-state index is 11.7. The number of carbonyl (C=O) groups is 2. The monoisotopic (exact) mass is 419 g/mol. The van der Waals surface area contributed by atoms with Crippen molar-refractivity contribution in [2.24, 2.45) is 11.8 Å². The fourth-order valence-electron chi connectivity index (χ4n) is 4.89. The molecule has 8 nitrogen and oxygen atoms in total. The maximum atomic E-state index is 11.7. The molecule has 0 aromatic rings. The molecule has 4 aliphatic heterocycles. The number of rotatable bonds is 4. The first kappa shape index (κ1) is 21.2. The lowest BCUT2D eigenvalue weighted by Gasteiger charge is -2.53. The second-order valence-electron chi connectivity index (χ2n) is 9.08. The normalized spacial score (nSPS) is 45.9. The largest absolute Gasteiger partial charge is 0.507 e. The van der Waals surface area contributed by atoms with E-state index < -0.39 is 29.2 Å². The number of Topliss-reactive ketones (excluding diaryl/α,β-unsaturated/α-hetero) is 1. The molecule has 3 N–H and O–H groups in total. The highest BCUT2D eigenvalue weighted by Crippen LogP contribution is 2.58. The van der Waals surface area contributed by atoms with E-state index >= 15 is 0 Å². The van der Waals surface area contributed by atoms with Gasteiger partial charge in [-0.05, 0) is 26.8 Å². The number of aliphatic hydroxyl groups is 2. The van der Waals surface area contributed by atoms with E-state index in [9.17, 15) is 19.8 Å². The minimum Gasteiger partial charge on any atom is -0.507 e. The summed E-state index contributed by atoms with van der Waals surface area (Å²) < 4.78 is 18.2. The Labute approximate surface area is 175 Å². The lowest BCUT2D eigenvalue weighted by atomic mass is 9.77. The summed E-state index contributed by atoms with van der Waals surface area (Å²) in [6, 6.07) is 0. The van der Waals surface area contributed by atoms with Gasteiger partial charge in [0.25, 0.3) is 5.91 Å². The highest BCUT2D eigenvalue weighted by atomic mass is 16.8. The molecule has 4 aliphatic rings. The summed E-state index contributed by atoms with van der Waals surface area (Å²) in [6.45, 7) is 9.56. The smallest absolute Gasteiger partial charge is 0.259 e. The Bertz CT molecular complexity index is 859. The molecule has 4 saturated heterocycles. The fraction of sp³-hybridized carbons (Fsp3) is 0.636. The molecule has 0 aromatic carbocycles. The molecule has 0 aliphatic carbocycles. The van der Waals surface area contributed by atoms with Crippen molar-refractivity contribution < 1.29 is 34.0 Å². The third kappa shape index (κ3) is 3.13. The molecule has 30 heavy (non-hydrogen) atoms. The molecule has 0 radical (unpaired) electrons. The third-order valence-electron chi connectivity index (χ3n) is 6.88. The van der Waals surface area contributed by atoms with Crippen LogP contribution in [0.15, 0.2) is 35.1 Å². The van der Waals surface area contributed by atoms with Crippen molar-refractivity contribution in [1.29, 1.82) is 0 Å². The molecule has 1 amide bonds. The van der Waals surface area contributed by atoms with E-state index in [1.807, 2.05) is 40.7 Å². The first-order valence-electron chi connectivity index (χ1n) is 10.3. The fourth-order valence-corrected chi connectivity index (χ4v) is 4.89. The number of allylic oxidation sites excluding steroid dienone is 3. The lowest BCUT2D eigenvalue weighted by Crippen LogP contribution is -2.67. The van der Waals surface area contributed by atoms with E-state index in [1.54, 1.807) is 6.08 Å². The van der Waals surface area contributed by atoms with Crippen LogP contribution in [0.25, 0.3) is 0 Å². The molecular weight excluding hydrogens is 390 g/mol. The average Bonchev–Trinajstić information content (AvgIpc) is 3.29. The van der Waals surface area contributed by atoms with Crippen molar-refractivity contribution in [1.82, 2.24) is 5.32 Å². The minimum atomic E-state index is -0.927. The van der Waals surface area contributed by atoms with E-state index in [1.165, 1.54) is 6.08 Å². The van der Waals surface area contributed by atoms with Crippen molar-refractivity contribution in [3.8, 4) is 0 Å². The van der Waals surface area contributed by atoms with E-state index in [2.05, 4.69) is 5.32 Å². The highest BCUT2D eigenvalue weighted by molar-refractivity contribution is 6.25. The van der Waals surface area contributed by atoms with Gasteiger partial charge in [0, 0.05) is 11.8 Å². The molecule has 4 fully saturated rings. The number of hydrogen-bond donors (Lipinski definition) is 3. The SMILES string of the molecule is CC(/C=C/C(O)=C1/C(=O)CNC1=O)=C\[C@@H](C)[C@H]1O[C@@]2(C)O[C@@H]([C@@H]1C)[C@@H](O)[C@H]1O[C@@]12C. The second kappa shape index (κ2) is 7.02. The summed E-state index contributed by atoms with van der Waals surface area (Å²) >= 11 is 0. The third-order valence-corrected chi connectivity index (χ3v) is 6.88. The summed E-state index contributed by atoms with van der Waals surface area (Å²) in [5.41, 5.74) is -0.0349. The first-order chi connectivity index (χ1) is 14.0. The Morgan fingerprint density at radius 3 is 2.57 bits per heavy atom. The standard InChI is InChI=1S/C22H29NO7/c1-10(6-7-13(24)15-14(25)9-23-20(15)27)8-11(2)17-12(3)18-16(26)19-21(4,30-19)22(5,28-17)29-18/h6-8,11-12,16-19,24,26H,9H2,1-5H3,(H,23,27)/b7-6+,10-8+,15-13+/t11-,12-,16-,17-,18+,19-,21+,22+/m1/s1. The van der Waals surface area contributed by atoms with Gasteiger partial charge in [-0.1, -0.05) is 31.6 Å². The van der Waals surface area contributed by atoms with Gasteiger partial charge >= 0.3 is 0 Å². The summed E-state index contributed by atoms with van der Waals surface area (Å²) in [5.74, 6) is -2.33. The van der Waals surface area contributed by atoms with Gasteiger partial charge in [-0.2, -0.15) is 0 Å². The minimum absolute atomic E-state index is 0.0207. The number of hydrogen-bond acceptors (Lipinski definition) is 7. The van der Waals surface area contributed by atoms with Gasteiger partial charge in [0.1, 0.15) is 29.1 Å². The molecule has 4 rings (SSSR count). The van der Waals surface area contributed by atoms with Crippen LogP contribution in [0.1, 0.15) is 34.6 Å². The number of ketones is 1. The van der Waals surface area contributed by atoms with Gasteiger partial charge in [0.2, 0.25) is 0 Å². The predicted octanol–water partition coefficient (Wildman–Crippen LogP) is 1.30. The molecule has 0 saturated carbocycles. The topological polar surface area (TPSA) is 118 Å². The number of ether oxygens (including phenoxy) is 3. The van der Waals surface area contributed by atoms with Crippen molar-refractivity contribution in [3.63, 3.8) is 0 Å². The number of carbonyl (C=O) groups excluding carboxylic acids is 2. The van der Waals surface area contributed by atoms with Crippen LogP contribution in [0.4, 0.5) is 0 Å². The molecule has 8 atom stereocenters. The van der Waals surface area contributed by atoms with Crippen LogP contribution in [0.2, 0.25) is 0 Å². The molecule has 0 unspecified atom stereocenters. The van der Waals surface area contributed by atoms with Crippen LogP contribution in [-0.2, 0) is 23.8 Å². The molecular formula is C22H29NO7. The van der Waals surface area contributed by atoms with Gasteiger partial charge in [-0.3, -0.25) is 9.59 Å². The zero-order chi connectivity index (χ0) is 22.0. The summed E-state index contributed by atoms with van der Waals surface area (Å²) in [4.78, 5) is 23.3. The molecule has 8 heteroatoms. The maximum Gasteiger partial charge on any atom is 0.259 e. The average molecular weight is 419 g/mol. The molecule has 164 valence electrons. The van der Waals surface area contributed by atoms with Gasteiger partial charge in [0.15, 0.2) is 11.6 Å². The van der Waals surface area contributed by atoms with E-state index in [4.69, 9.17) is 14.2 Å². The van der Waals surface area contributed by atoms with Crippen molar-refractivity contribution in [2.45, 2.75) is 70.4 Å². The Morgan fingerprint density at radius 2 is 1.93 bits per heavy atom.